The Morgan fingerprint density at radius 3 is 1.91 bits per heavy atom. The fraction of sp³-hybridized carbons (Fsp3) is 0.182. The number of hydrogen-bond acceptors (Lipinski definition) is 8. The molecule has 1 aromatic heterocycles. The normalized spacial score (nSPS) is 10.5. The number of esters is 1. The Labute approximate surface area is 182 Å². The molecule has 0 atom stereocenters. The third-order valence-corrected chi connectivity index (χ3v) is 4.51. The zero-order chi connectivity index (χ0) is 23.1. The van der Waals surface area contributed by atoms with Crippen LogP contribution in [0.15, 0.2) is 65.1 Å². The first kappa shape index (κ1) is 22.3. The van der Waals surface area contributed by atoms with Gasteiger partial charge in [0.1, 0.15) is 16.4 Å². The lowest BCUT2D eigenvalue weighted by atomic mass is 9.98. The molecule has 166 valence electrons. The molecule has 2 aromatic carbocycles. The topological polar surface area (TPSA) is 130 Å². The molecule has 3 rings (SSSR count). The SMILES string of the molecule is COc1ccc(C(NC(=O)COC(=O)c2ccc([N+](=O)[O-])o2)c2ccc(OC)cc2)cc1. The van der Waals surface area contributed by atoms with E-state index in [1.807, 2.05) is 24.3 Å². The number of ether oxygens (including phenoxy) is 3. The van der Waals surface area contributed by atoms with Gasteiger partial charge < -0.3 is 23.9 Å². The molecule has 0 radical (unpaired) electrons. The predicted molar refractivity (Wildman–Crippen MR) is 112 cm³/mol. The van der Waals surface area contributed by atoms with Crippen LogP contribution in [0.3, 0.4) is 0 Å². The van der Waals surface area contributed by atoms with Gasteiger partial charge in [0.05, 0.1) is 26.3 Å². The smallest absolute Gasteiger partial charge is 0.433 e. The van der Waals surface area contributed by atoms with Crippen molar-refractivity contribution in [2.45, 2.75) is 6.04 Å². The fourth-order valence-corrected chi connectivity index (χ4v) is 2.89. The lowest BCUT2D eigenvalue weighted by Crippen LogP contribution is -2.33. The van der Waals surface area contributed by atoms with E-state index in [0.29, 0.717) is 11.5 Å². The number of amides is 1. The first-order valence-electron chi connectivity index (χ1n) is 9.40. The molecular weight excluding hydrogens is 420 g/mol. The van der Waals surface area contributed by atoms with E-state index in [0.717, 1.165) is 23.3 Å². The van der Waals surface area contributed by atoms with Gasteiger partial charge in [0.15, 0.2) is 6.61 Å². The van der Waals surface area contributed by atoms with Crippen molar-refractivity contribution in [3.8, 4) is 11.5 Å². The van der Waals surface area contributed by atoms with Gasteiger partial charge >= 0.3 is 11.9 Å². The van der Waals surface area contributed by atoms with Crippen LogP contribution in [-0.4, -0.2) is 37.6 Å². The number of nitro groups is 1. The Morgan fingerprint density at radius 1 is 0.938 bits per heavy atom. The number of hydrogen-bond donors (Lipinski definition) is 1. The third kappa shape index (κ3) is 5.42. The van der Waals surface area contributed by atoms with Crippen LogP contribution in [0.2, 0.25) is 0 Å². The zero-order valence-electron chi connectivity index (χ0n) is 17.3. The number of benzene rings is 2. The fourth-order valence-electron chi connectivity index (χ4n) is 2.89. The molecule has 1 N–H and O–H groups in total. The second kappa shape index (κ2) is 10.1. The van der Waals surface area contributed by atoms with E-state index >= 15 is 0 Å². The molecule has 1 amide bonds. The van der Waals surface area contributed by atoms with E-state index < -0.39 is 35.3 Å². The minimum absolute atomic E-state index is 0.369. The standard InChI is InChI=1S/C22H20N2O8/c1-29-16-7-3-14(4-8-16)21(15-5-9-17(30-2)10-6-15)23-19(25)13-31-22(26)18-11-12-20(32-18)24(27)28/h3-12,21H,13H2,1-2H3,(H,23,25). The van der Waals surface area contributed by atoms with Crippen molar-refractivity contribution in [2.24, 2.45) is 0 Å². The molecule has 0 fully saturated rings. The molecule has 32 heavy (non-hydrogen) atoms. The van der Waals surface area contributed by atoms with Crippen molar-refractivity contribution in [3.63, 3.8) is 0 Å². The van der Waals surface area contributed by atoms with Crippen LogP contribution in [0.5, 0.6) is 11.5 Å². The van der Waals surface area contributed by atoms with Crippen molar-refractivity contribution in [1.29, 1.82) is 0 Å². The molecule has 0 saturated carbocycles. The maximum absolute atomic E-state index is 12.5. The number of nitrogens with zero attached hydrogens (tertiary/aromatic N) is 1. The highest BCUT2D eigenvalue weighted by Crippen LogP contribution is 2.26. The van der Waals surface area contributed by atoms with Gasteiger partial charge in [-0.3, -0.25) is 14.9 Å². The van der Waals surface area contributed by atoms with E-state index in [9.17, 15) is 19.7 Å². The number of methoxy groups -OCH3 is 2. The molecule has 10 heteroatoms. The zero-order valence-corrected chi connectivity index (χ0v) is 17.3. The summed E-state index contributed by atoms with van der Waals surface area (Å²) in [5, 5.41) is 13.5. The maximum atomic E-state index is 12.5. The van der Waals surface area contributed by atoms with Gasteiger partial charge in [-0.1, -0.05) is 24.3 Å². The summed E-state index contributed by atoms with van der Waals surface area (Å²) in [6.07, 6.45) is 0. The summed E-state index contributed by atoms with van der Waals surface area (Å²) in [5.41, 5.74) is 1.55. The summed E-state index contributed by atoms with van der Waals surface area (Å²) in [4.78, 5) is 34.4. The van der Waals surface area contributed by atoms with Crippen LogP contribution in [0.4, 0.5) is 5.88 Å². The van der Waals surface area contributed by atoms with E-state index in [-0.39, 0.29) is 5.76 Å². The molecule has 0 aliphatic carbocycles. The summed E-state index contributed by atoms with van der Waals surface area (Å²) in [5.74, 6) is -1.20. The highest BCUT2D eigenvalue weighted by Gasteiger charge is 2.21. The van der Waals surface area contributed by atoms with Gasteiger partial charge in [-0.25, -0.2) is 4.79 Å². The summed E-state index contributed by atoms with van der Waals surface area (Å²) < 4.78 is 20.0. The molecular formula is C22H20N2O8. The van der Waals surface area contributed by atoms with E-state index in [4.69, 9.17) is 18.6 Å². The van der Waals surface area contributed by atoms with Gasteiger partial charge in [-0.15, -0.1) is 0 Å². The molecule has 0 saturated heterocycles. The van der Waals surface area contributed by atoms with Crippen LogP contribution < -0.4 is 14.8 Å². The van der Waals surface area contributed by atoms with E-state index in [1.165, 1.54) is 0 Å². The molecule has 1 heterocycles. The minimum atomic E-state index is -0.987. The summed E-state index contributed by atoms with van der Waals surface area (Å²) in [6.45, 7) is -0.601. The van der Waals surface area contributed by atoms with Crippen LogP contribution >= 0.6 is 0 Å². The van der Waals surface area contributed by atoms with E-state index in [1.54, 1.807) is 38.5 Å². The quantitative estimate of drug-likeness (QED) is 0.305. The highest BCUT2D eigenvalue weighted by molar-refractivity contribution is 5.89. The largest absolute Gasteiger partial charge is 0.497 e. The molecule has 0 aliphatic heterocycles. The van der Waals surface area contributed by atoms with Gasteiger partial charge in [0.2, 0.25) is 5.76 Å². The van der Waals surface area contributed by atoms with Crippen molar-refractivity contribution in [1.82, 2.24) is 5.32 Å². The maximum Gasteiger partial charge on any atom is 0.433 e. The number of carbonyl (C=O) groups is 2. The summed E-state index contributed by atoms with van der Waals surface area (Å²) in [7, 11) is 3.11. The van der Waals surface area contributed by atoms with Crippen molar-refractivity contribution in [2.75, 3.05) is 20.8 Å². The lowest BCUT2D eigenvalue weighted by Gasteiger charge is -2.20. The molecule has 3 aromatic rings. The van der Waals surface area contributed by atoms with E-state index in [2.05, 4.69) is 5.32 Å². The second-order valence-corrected chi connectivity index (χ2v) is 6.52. The number of nitrogens with one attached hydrogen (secondary N) is 1. The van der Waals surface area contributed by atoms with Gasteiger partial charge in [0, 0.05) is 0 Å². The minimum Gasteiger partial charge on any atom is -0.497 e. The predicted octanol–water partition coefficient (Wildman–Crippen LogP) is 3.27. The highest BCUT2D eigenvalue weighted by atomic mass is 16.7. The number of rotatable bonds is 9. The Bertz CT molecular complexity index is 1040. The molecule has 0 bridgehead atoms. The van der Waals surface area contributed by atoms with Gasteiger partial charge in [-0.05, 0) is 41.5 Å². The molecule has 0 spiro atoms. The second-order valence-electron chi connectivity index (χ2n) is 6.52. The van der Waals surface area contributed by atoms with Crippen LogP contribution in [0.25, 0.3) is 0 Å². The third-order valence-electron chi connectivity index (χ3n) is 4.51. The van der Waals surface area contributed by atoms with Gasteiger partial charge in [-0.2, -0.15) is 0 Å². The van der Waals surface area contributed by atoms with Crippen LogP contribution in [0, 0.1) is 10.1 Å². The van der Waals surface area contributed by atoms with Crippen molar-refractivity contribution >= 4 is 17.8 Å². The average molecular weight is 440 g/mol. The van der Waals surface area contributed by atoms with Crippen molar-refractivity contribution in [3.05, 3.63) is 87.7 Å². The Balaban J connectivity index is 1.71. The molecule has 0 aliphatic rings. The Kier molecular flexibility index (Phi) is 7.06. The number of furan rings is 1. The first-order valence-corrected chi connectivity index (χ1v) is 9.40. The van der Waals surface area contributed by atoms with Gasteiger partial charge in [0.25, 0.3) is 5.91 Å². The lowest BCUT2D eigenvalue weighted by molar-refractivity contribution is -0.402. The van der Waals surface area contributed by atoms with Crippen LogP contribution in [0.1, 0.15) is 27.7 Å². The average Bonchev–Trinajstić information content (AvgIpc) is 3.32. The monoisotopic (exact) mass is 440 g/mol. The number of carbonyl (C=O) groups excluding carboxylic acids is 2. The summed E-state index contributed by atoms with van der Waals surface area (Å²) >= 11 is 0. The Hall–Kier alpha value is -4.34. The summed E-state index contributed by atoms with van der Waals surface area (Å²) in [6, 6.07) is 15.9. The molecule has 0 unspecified atom stereocenters. The van der Waals surface area contributed by atoms with Crippen LogP contribution in [-0.2, 0) is 9.53 Å². The first-order chi connectivity index (χ1) is 15.4. The Morgan fingerprint density at radius 2 is 1.47 bits per heavy atom. The van der Waals surface area contributed by atoms with Crippen molar-refractivity contribution < 1.29 is 33.1 Å². The molecule has 10 nitrogen and oxygen atoms in total.